The lowest BCUT2D eigenvalue weighted by Gasteiger charge is -2.17. The van der Waals surface area contributed by atoms with Gasteiger partial charge in [-0.25, -0.2) is 4.98 Å². The van der Waals surface area contributed by atoms with Crippen LogP contribution < -0.4 is 5.32 Å². The fourth-order valence-electron chi connectivity index (χ4n) is 2.66. The van der Waals surface area contributed by atoms with Crippen LogP contribution in [0.4, 0.5) is 0 Å². The van der Waals surface area contributed by atoms with E-state index in [0.29, 0.717) is 0 Å². The van der Waals surface area contributed by atoms with Crippen LogP contribution in [0.2, 0.25) is 0 Å². The van der Waals surface area contributed by atoms with E-state index in [2.05, 4.69) is 44.1 Å². The first-order chi connectivity index (χ1) is 9.42. The molecular weight excluding hydrogens is 236 g/mol. The van der Waals surface area contributed by atoms with Crippen molar-refractivity contribution in [1.29, 1.82) is 0 Å². The van der Waals surface area contributed by atoms with E-state index in [-0.39, 0.29) is 0 Å². The molecule has 0 amide bonds. The third kappa shape index (κ3) is 1.72. The SMILES string of the molecule is c1cnc2ccc(-c3cnc4n3CCNC4)cc2c1. The summed E-state index contributed by atoms with van der Waals surface area (Å²) < 4.78 is 2.30. The summed E-state index contributed by atoms with van der Waals surface area (Å²) in [6, 6.07) is 10.5. The fourth-order valence-corrected chi connectivity index (χ4v) is 2.66. The first-order valence-electron chi connectivity index (χ1n) is 6.52. The number of nitrogens with zero attached hydrogens (tertiary/aromatic N) is 3. The smallest absolute Gasteiger partial charge is 0.123 e. The Morgan fingerprint density at radius 2 is 2.16 bits per heavy atom. The highest BCUT2D eigenvalue weighted by molar-refractivity contribution is 5.83. The maximum absolute atomic E-state index is 4.50. The molecule has 0 spiro atoms. The second-order valence-corrected chi connectivity index (χ2v) is 4.80. The molecule has 0 saturated carbocycles. The van der Waals surface area contributed by atoms with Crippen LogP contribution in [0, 0.1) is 0 Å². The molecule has 3 aromatic rings. The van der Waals surface area contributed by atoms with Gasteiger partial charge in [0, 0.05) is 30.2 Å². The molecule has 4 rings (SSSR count). The normalized spacial score (nSPS) is 14.5. The predicted molar refractivity (Wildman–Crippen MR) is 74.7 cm³/mol. The summed E-state index contributed by atoms with van der Waals surface area (Å²) in [5.41, 5.74) is 3.44. The number of nitrogens with one attached hydrogen (secondary N) is 1. The Bertz CT molecular complexity index is 745. The van der Waals surface area contributed by atoms with Gasteiger partial charge in [-0.05, 0) is 18.2 Å². The zero-order valence-corrected chi connectivity index (χ0v) is 10.5. The molecule has 0 unspecified atom stereocenters. The van der Waals surface area contributed by atoms with Gasteiger partial charge in [0.05, 0.1) is 24.0 Å². The van der Waals surface area contributed by atoms with E-state index >= 15 is 0 Å². The van der Waals surface area contributed by atoms with Crippen LogP contribution in [0.15, 0.2) is 42.7 Å². The molecule has 0 radical (unpaired) electrons. The van der Waals surface area contributed by atoms with Gasteiger partial charge in [-0.1, -0.05) is 12.1 Å². The largest absolute Gasteiger partial charge is 0.326 e. The van der Waals surface area contributed by atoms with Crippen LogP contribution in [-0.2, 0) is 13.1 Å². The molecule has 0 saturated heterocycles. The molecule has 0 fully saturated rings. The molecule has 2 aromatic heterocycles. The number of aromatic nitrogens is 3. The number of hydrogen-bond acceptors (Lipinski definition) is 3. The van der Waals surface area contributed by atoms with E-state index in [1.165, 1.54) is 16.6 Å². The van der Waals surface area contributed by atoms with E-state index < -0.39 is 0 Å². The maximum atomic E-state index is 4.50. The molecule has 4 heteroatoms. The van der Waals surface area contributed by atoms with Crippen molar-refractivity contribution >= 4 is 10.9 Å². The molecule has 1 aromatic carbocycles. The number of fused-ring (bicyclic) bond motifs is 2. The summed E-state index contributed by atoms with van der Waals surface area (Å²) in [4.78, 5) is 8.86. The van der Waals surface area contributed by atoms with Crippen LogP contribution in [-0.4, -0.2) is 21.1 Å². The van der Waals surface area contributed by atoms with Crippen molar-refractivity contribution in [2.75, 3.05) is 6.54 Å². The molecule has 1 aliphatic rings. The monoisotopic (exact) mass is 250 g/mol. The van der Waals surface area contributed by atoms with Gasteiger partial charge in [0.2, 0.25) is 0 Å². The summed E-state index contributed by atoms with van der Waals surface area (Å²) in [5, 5.41) is 4.51. The Morgan fingerprint density at radius 1 is 1.16 bits per heavy atom. The summed E-state index contributed by atoms with van der Waals surface area (Å²) in [5.74, 6) is 1.12. The third-order valence-electron chi connectivity index (χ3n) is 3.63. The Morgan fingerprint density at radius 3 is 3.16 bits per heavy atom. The van der Waals surface area contributed by atoms with Crippen molar-refractivity contribution < 1.29 is 0 Å². The van der Waals surface area contributed by atoms with E-state index in [4.69, 9.17) is 0 Å². The zero-order valence-electron chi connectivity index (χ0n) is 10.5. The number of imidazole rings is 1. The average Bonchev–Trinajstić information content (AvgIpc) is 2.91. The topological polar surface area (TPSA) is 42.7 Å². The Hall–Kier alpha value is -2.20. The van der Waals surface area contributed by atoms with Crippen molar-refractivity contribution in [3.63, 3.8) is 0 Å². The van der Waals surface area contributed by atoms with E-state index in [1.807, 2.05) is 18.5 Å². The lowest BCUT2D eigenvalue weighted by atomic mass is 10.1. The minimum absolute atomic E-state index is 0.856. The highest BCUT2D eigenvalue weighted by atomic mass is 15.2. The van der Waals surface area contributed by atoms with E-state index in [9.17, 15) is 0 Å². The lowest BCUT2D eigenvalue weighted by Crippen LogP contribution is -2.28. The van der Waals surface area contributed by atoms with Gasteiger partial charge in [0.1, 0.15) is 5.82 Å². The number of hydrogen-bond donors (Lipinski definition) is 1. The summed E-state index contributed by atoms with van der Waals surface area (Å²) >= 11 is 0. The van der Waals surface area contributed by atoms with Gasteiger partial charge >= 0.3 is 0 Å². The minimum Gasteiger partial charge on any atom is -0.326 e. The van der Waals surface area contributed by atoms with E-state index in [0.717, 1.165) is 31.0 Å². The number of benzene rings is 1. The van der Waals surface area contributed by atoms with Gasteiger partial charge in [-0.3, -0.25) is 4.98 Å². The number of pyridine rings is 1. The Balaban J connectivity index is 1.88. The highest BCUT2D eigenvalue weighted by Crippen LogP contribution is 2.25. The van der Waals surface area contributed by atoms with Gasteiger partial charge < -0.3 is 9.88 Å². The van der Waals surface area contributed by atoms with Gasteiger partial charge in [-0.2, -0.15) is 0 Å². The molecule has 94 valence electrons. The van der Waals surface area contributed by atoms with Gasteiger partial charge in [0.25, 0.3) is 0 Å². The molecular formula is C15H14N4. The Labute approximate surface area is 111 Å². The standard InChI is InChI=1S/C15H14N4/c1-2-11-8-12(3-4-13(11)17-5-1)14-9-18-15-10-16-6-7-19(14)15/h1-5,8-9,16H,6-7,10H2. The average molecular weight is 250 g/mol. The summed E-state index contributed by atoms with van der Waals surface area (Å²) in [6.45, 7) is 2.84. The molecule has 0 atom stereocenters. The second kappa shape index (κ2) is 4.17. The molecule has 3 heterocycles. The predicted octanol–water partition coefficient (Wildman–Crippen LogP) is 2.20. The molecule has 0 bridgehead atoms. The van der Waals surface area contributed by atoms with Gasteiger partial charge in [0.15, 0.2) is 0 Å². The minimum atomic E-state index is 0.856. The second-order valence-electron chi connectivity index (χ2n) is 4.80. The lowest BCUT2D eigenvalue weighted by molar-refractivity contribution is 0.508. The maximum Gasteiger partial charge on any atom is 0.123 e. The van der Waals surface area contributed by atoms with Crippen LogP contribution in [0.25, 0.3) is 22.2 Å². The highest BCUT2D eigenvalue weighted by Gasteiger charge is 2.14. The van der Waals surface area contributed by atoms with Crippen molar-refractivity contribution in [2.45, 2.75) is 13.1 Å². The van der Waals surface area contributed by atoms with Crippen LogP contribution >= 0.6 is 0 Å². The zero-order chi connectivity index (χ0) is 12.7. The summed E-state index contributed by atoms with van der Waals surface area (Å²) in [6.07, 6.45) is 3.80. The molecule has 4 nitrogen and oxygen atoms in total. The van der Waals surface area contributed by atoms with Crippen LogP contribution in [0.1, 0.15) is 5.82 Å². The molecule has 19 heavy (non-hydrogen) atoms. The first-order valence-corrected chi connectivity index (χ1v) is 6.52. The van der Waals surface area contributed by atoms with Crippen molar-refractivity contribution in [1.82, 2.24) is 19.9 Å². The van der Waals surface area contributed by atoms with Crippen molar-refractivity contribution in [3.05, 3.63) is 48.5 Å². The van der Waals surface area contributed by atoms with Crippen molar-refractivity contribution in [2.24, 2.45) is 0 Å². The first kappa shape index (κ1) is 10.7. The molecule has 1 N–H and O–H groups in total. The van der Waals surface area contributed by atoms with Crippen LogP contribution in [0.5, 0.6) is 0 Å². The molecule has 0 aliphatic carbocycles. The Kier molecular flexibility index (Phi) is 2.35. The number of rotatable bonds is 1. The summed E-state index contributed by atoms with van der Waals surface area (Å²) in [7, 11) is 0. The van der Waals surface area contributed by atoms with Crippen LogP contribution in [0.3, 0.4) is 0 Å². The quantitative estimate of drug-likeness (QED) is 0.720. The molecule has 1 aliphatic heterocycles. The van der Waals surface area contributed by atoms with E-state index in [1.54, 1.807) is 0 Å². The fraction of sp³-hybridized carbons (Fsp3) is 0.200. The van der Waals surface area contributed by atoms with Crippen molar-refractivity contribution in [3.8, 4) is 11.3 Å². The third-order valence-corrected chi connectivity index (χ3v) is 3.63. The van der Waals surface area contributed by atoms with Gasteiger partial charge in [-0.15, -0.1) is 0 Å².